The van der Waals surface area contributed by atoms with Gasteiger partial charge in [0.05, 0.1) is 5.69 Å². The van der Waals surface area contributed by atoms with Gasteiger partial charge in [-0.05, 0) is 45.7 Å². The van der Waals surface area contributed by atoms with Crippen molar-refractivity contribution in [2.75, 3.05) is 13.2 Å². The van der Waals surface area contributed by atoms with Gasteiger partial charge in [0, 0.05) is 17.8 Å². The van der Waals surface area contributed by atoms with Crippen molar-refractivity contribution < 1.29 is 4.74 Å². The highest BCUT2D eigenvalue weighted by Gasteiger charge is 2.13. The van der Waals surface area contributed by atoms with Gasteiger partial charge in [-0.2, -0.15) is 0 Å². The number of aromatic nitrogens is 1. The first-order chi connectivity index (χ1) is 8.48. The quantitative estimate of drug-likeness (QED) is 0.755. The molecule has 0 aliphatic carbocycles. The van der Waals surface area contributed by atoms with Crippen LogP contribution in [0.15, 0.2) is 12.1 Å². The average Bonchev–Trinajstić information content (AvgIpc) is 2.36. The van der Waals surface area contributed by atoms with Gasteiger partial charge in [0.15, 0.2) is 0 Å². The van der Waals surface area contributed by atoms with Crippen molar-refractivity contribution in [2.45, 2.75) is 53.0 Å². The lowest BCUT2D eigenvalue weighted by Gasteiger charge is -2.24. The fraction of sp³-hybridized carbons (Fsp3) is 0.667. The molecule has 0 radical (unpaired) electrons. The van der Waals surface area contributed by atoms with E-state index in [-0.39, 0.29) is 5.54 Å². The SMILES string of the molecule is CCc1nc(C)ccc1OCCNC(C)(C)CC. The molecule has 1 heterocycles. The van der Waals surface area contributed by atoms with E-state index in [1.165, 1.54) is 0 Å². The van der Waals surface area contributed by atoms with E-state index < -0.39 is 0 Å². The maximum absolute atomic E-state index is 5.80. The van der Waals surface area contributed by atoms with Gasteiger partial charge >= 0.3 is 0 Å². The topological polar surface area (TPSA) is 34.1 Å². The van der Waals surface area contributed by atoms with E-state index in [2.05, 4.69) is 38.0 Å². The molecule has 0 saturated carbocycles. The molecule has 0 aliphatic heterocycles. The summed E-state index contributed by atoms with van der Waals surface area (Å²) in [4.78, 5) is 4.49. The van der Waals surface area contributed by atoms with Crippen LogP contribution in [-0.2, 0) is 6.42 Å². The van der Waals surface area contributed by atoms with Crippen LogP contribution in [0.2, 0.25) is 0 Å². The first-order valence-corrected chi connectivity index (χ1v) is 6.83. The summed E-state index contributed by atoms with van der Waals surface area (Å²) in [5.41, 5.74) is 2.27. The van der Waals surface area contributed by atoms with Gasteiger partial charge in [0.25, 0.3) is 0 Å². The number of aryl methyl sites for hydroxylation is 2. The molecule has 1 aromatic heterocycles. The average molecular weight is 250 g/mol. The highest BCUT2D eigenvalue weighted by Crippen LogP contribution is 2.17. The van der Waals surface area contributed by atoms with Gasteiger partial charge in [-0.3, -0.25) is 4.98 Å². The molecular weight excluding hydrogens is 224 g/mol. The molecule has 0 spiro atoms. The molecule has 3 heteroatoms. The van der Waals surface area contributed by atoms with E-state index in [9.17, 15) is 0 Å². The molecule has 0 atom stereocenters. The summed E-state index contributed by atoms with van der Waals surface area (Å²) in [6, 6.07) is 4.02. The highest BCUT2D eigenvalue weighted by atomic mass is 16.5. The van der Waals surface area contributed by atoms with Gasteiger partial charge in [0.2, 0.25) is 0 Å². The highest BCUT2D eigenvalue weighted by molar-refractivity contribution is 5.29. The second-order valence-electron chi connectivity index (χ2n) is 5.26. The molecule has 1 rings (SSSR count). The van der Waals surface area contributed by atoms with Crippen molar-refractivity contribution in [2.24, 2.45) is 0 Å². The smallest absolute Gasteiger partial charge is 0.140 e. The summed E-state index contributed by atoms with van der Waals surface area (Å²) in [5, 5.41) is 3.48. The molecule has 0 bridgehead atoms. The number of hydrogen-bond donors (Lipinski definition) is 1. The fourth-order valence-corrected chi connectivity index (χ4v) is 1.66. The molecule has 1 aromatic rings. The lowest BCUT2D eigenvalue weighted by Crippen LogP contribution is -2.40. The van der Waals surface area contributed by atoms with Crippen LogP contribution < -0.4 is 10.1 Å². The minimum Gasteiger partial charge on any atom is -0.490 e. The van der Waals surface area contributed by atoms with Crippen molar-refractivity contribution in [3.8, 4) is 5.75 Å². The van der Waals surface area contributed by atoms with Crippen LogP contribution in [0.3, 0.4) is 0 Å². The predicted octanol–water partition coefficient (Wildman–Crippen LogP) is 3.11. The van der Waals surface area contributed by atoms with Crippen molar-refractivity contribution in [1.82, 2.24) is 10.3 Å². The Balaban J connectivity index is 2.44. The van der Waals surface area contributed by atoms with E-state index in [0.29, 0.717) is 6.61 Å². The van der Waals surface area contributed by atoms with E-state index in [1.54, 1.807) is 0 Å². The number of ether oxygens (including phenoxy) is 1. The zero-order valence-corrected chi connectivity index (χ0v) is 12.3. The Morgan fingerprint density at radius 3 is 2.61 bits per heavy atom. The Morgan fingerprint density at radius 2 is 2.00 bits per heavy atom. The zero-order chi connectivity index (χ0) is 13.6. The van der Waals surface area contributed by atoms with Crippen LogP contribution in [0, 0.1) is 6.92 Å². The van der Waals surface area contributed by atoms with Crippen molar-refractivity contribution in [3.63, 3.8) is 0 Å². The standard InChI is InChI=1S/C15H26N2O/c1-6-13-14(9-8-12(3)17-13)18-11-10-16-15(4,5)7-2/h8-9,16H,6-7,10-11H2,1-5H3. The van der Waals surface area contributed by atoms with E-state index in [1.807, 2.05) is 19.1 Å². The van der Waals surface area contributed by atoms with Gasteiger partial charge in [-0.15, -0.1) is 0 Å². The number of hydrogen-bond acceptors (Lipinski definition) is 3. The molecule has 0 aliphatic rings. The number of nitrogens with zero attached hydrogens (tertiary/aromatic N) is 1. The largest absolute Gasteiger partial charge is 0.490 e. The third kappa shape index (κ3) is 4.65. The van der Waals surface area contributed by atoms with Gasteiger partial charge in [-0.25, -0.2) is 0 Å². The lowest BCUT2D eigenvalue weighted by atomic mass is 10.0. The zero-order valence-electron chi connectivity index (χ0n) is 12.3. The maximum Gasteiger partial charge on any atom is 0.140 e. The lowest BCUT2D eigenvalue weighted by molar-refractivity contribution is 0.278. The molecule has 0 aromatic carbocycles. The fourth-order valence-electron chi connectivity index (χ4n) is 1.66. The summed E-state index contributed by atoms with van der Waals surface area (Å²) < 4.78 is 5.80. The third-order valence-electron chi connectivity index (χ3n) is 3.25. The molecule has 1 N–H and O–H groups in total. The van der Waals surface area contributed by atoms with Gasteiger partial charge < -0.3 is 10.1 Å². The van der Waals surface area contributed by atoms with Crippen LogP contribution >= 0.6 is 0 Å². The van der Waals surface area contributed by atoms with Crippen molar-refractivity contribution in [1.29, 1.82) is 0 Å². The molecular formula is C15H26N2O. The Labute approximate surface area is 111 Å². The van der Waals surface area contributed by atoms with E-state index >= 15 is 0 Å². The number of rotatable bonds is 7. The first-order valence-electron chi connectivity index (χ1n) is 6.83. The van der Waals surface area contributed by atoms with E-state index in [0.717, 1.165) is 36.5 Å². The second kappa shape index (κ2) is 6.74. The van der Waals surface area contributed by atoms with E-state index in [4.69, 9.17) is 4.74 Å². The molecule has 102 valence electrons. The first kappa shape index (κ1) is 15.0. The maximum atomic E-state index is 5.80. The Bertz CT molecular complexity index is 375. The Hall–Kier alpha value is -1.09. The van der Waals surface area contributed by atoms with Crippen molar-refractivity contribution >= 4 is 0 Å². The second-order valence-corrected chi connectivity index (χ2v) is 5.26. The predicted molar refractivity (Wildman–Crippen MR) is 76.2 cm³/mol. The normalized spacial score (nSPS) is 11.6. The number of nitrogens with one attached hydrogen (secondary N) is 1. The van der Waals surface area contributed by atoms with Gasteiger partial charge in [0.1, 0.15) is 12.4 Å². The van der Waals surface area contributed by atoms with Crippen molar-refractivity contribution in [3.05, 3.63) is 23.5 Å². The third-order valence-corrected chi connectivity index (χ3v) is 3.25. The molecule has 3 nitrogen and oxygen atoms in total. The summed E-state index contributed by atoms with van der Waals surface area (Å²) in [7, 11) is 0. The molecule has 0 saturated heterocycles. The van der Waals surface area contributed by atoms with Crippen LogP contribution in [0.25, 0.3) is 0 Å². The van der Waals surface area contributed by atoms with Crippen LogP contribution in [0.5, 0.6) is 5.75 Å². The van der Waals surface area contributed by atoms with Crippen LogP contribution in [0.1, 0.15) is 45.5 Å². The molecule has 0 amide bonds. The van der Waals surface area contributed by atoms with Crippen LogP contribution in [-0.4, -0.2) is 23.7 Å². The van der Waals surface area contributed by atoms with Gasteiger partial charge in [-0.1, -0.05) is 13.8 Å². The molecule has 0 fully saturated rings. The molecule has 0 unspecified atom stereocenters. The molecule has 18 heavy (non-hydrogen) atoms. The summed E-state index contributed by atoms with van der Waals surface area (Å²) in [6.45, 7) is 12.3. The summed E-state index contributed by atoms with van der Waals surface area (Å²) in [6.07, 6.45) is 2.02. The summed E-state index contributed by atoms with van der Waals surface area (Å²) >= 11 is 0. The number of pyridine rings is 1. The summed E-state index contributed by atoms with van der Waals surface area (Å²) in [5.74, 6) is 0.916. The Morgan fingerprint density at radius 1 is 1.28 bits per heavy atom. The Kier molecular flexibility index (Phi) is 5.60. The minimum absolute atomic E-state index is 0.183. The van der Waals surface area contributed by atoms with Crippen LogP contribution in [0.4, 0.5) is 0 Å². The monoisotopic (exact) mass is 250 g/mol. The minimum atomic E-state index is 0.183.